The first-order valence-corrected chi connectivity index (χ1v) is 18.0. The van der Waals surface area contributed by atoms with Gasteiger partial charge in [-0.2, -0.15) is 0 Å². The minimum absolute atomic E-state index is 0.121. The second-order valence-electron chi connectivity index (χ2n) is 14.8. The molecule has 0 saturated carbocycles. The van der Waals surface area contributed by atoms with Crippen molar-refractivity contribution < 1.29 is 0 Å². The number of hydrogen-bond acceptors (Lipinski definition) is 0. The molecule has 0 radical (unpaired) electrons. The molecule has 51 heavy (non-hydrogen) atoms. The van der Waals surface area contributed by atoms with Crippen LogP contribution in [0.1, 0.15) is 25.0 Å². The smallest absolute Gasteiger partial charge is 0.0159 e. The van der Waals surface area contributed by atoms with Crippen molar-refractivity contribution >= 4 is 64.6 Å². The third-order valence-corrected chi connectivity index (χ3v) is 11.8. The number of hydrogen-bond donors (Lipinski definition) is 0. The minimum atomic E-state index is -0.121. The highest BCUT2D eigenvalue weighted by Crippen LogP contribution is 2.54. The van der Waals surface area contributed by atoms with Crippen LogP contribution in [0.5, 0.6) is 0 Å². The van der Waals surface area contributed by atoms with E-state index in [0.29, 0.717) is 0 Å². The zero-order valence-corrected chi connectivity index (χ0v) is 28.7. The molecule has 11 rings (SSSR count). The summed E-state index contributed by atoms with van der Waals surface area (Å²) in [5.74, 6) is 0. The molecule has 0 N–H and O–H groups in total. The molecule has 0 fully saturated rings. The van der Waals surface area contributed by atoms with Crippen molar-refractivity contribution in [3.05, 3.63) is 181 Å². The summed E-state index contributed by atoms with van der Waals surface area (Å²) in [6, 6.07) is 63.8. The summed E-state index contributed by atoms with van der Waals surface area (Å²) in [5.41, 5.74) is 10.6. The molecular formula is C51H34. The Balaban J connectivity index is 1.39. The van der Waals surface area contributed by atoms with E-state index < -0.39 is 0 Å². The Morgan fingerprint density at radius 2 is 0.686 bits per heavy atom. The molecule has 0 saturated heterocycles. The summed E-state index contributed by atoms with van der Waals surface area (Å²) in [5, 5.41) is 15.4. The highest BCUT2D eigenvalue weighted by atomic mass is 14.4. The molecule has 0 aromatic heterocycles. The number of fused-ring (bicyclic) bond motifs is 11. The molecule has 0 nitrogen and oxygen atoms in total. The second kappa shape index (κ2) is 10.4. The van der Waals surface area contributed by atoms with Crippen LogP contribution in [-0.2, 0) is 5.41 Å². The molecular weight excluding hydrogens is 613 g/mol. The summed E-state index contributed by atoms with van der Waals surface area (Å²) in [7, 11) is 0. The fourth-order valence-corrected chi connectivity index (χ4v) is 9.47. The van der Waals surface area contributed by atoms with Crippen molar-refractivity contribution in [2.75, 3.05) is 0 Å². The molecule has 0 bridgehead atoms. The lowest BCUT2D eigenvalue weighted by atomic mass is 9.78. The van der Waals surface area contributed by atoms with Gasteiger partial charge < -0.3 is 0 Å². The largest absolute Gasteiger partial charge is 0.0619 e. The predicted octanol–water partition coefficient (Wildman–Crippen LogP) is 14.2. The van der Waals surface area contributed by atoms with Gasteiger partial charge in [0.05, 0.1) is 0 Å². The molecule has 0 spiro atoms. The van der Waals surface area contributed by atoms with Crippen molar-refractivity contribution in [3.63, 3.8) is 0 Å². The predicted molar refractivity (Wildman–Crippen MR) is 220 cm³/mol. The second-order valence-corrected chi connectivity index (χ2v) is 14.8. The van der Waals surface area contributed by atoms with Crippen LogP contribution in [0, 0.1) is 0 Å². The van der Waals surface area contributed by atoms with E-state index in [1.54, 1.807) is 0 Å². The van der Waals surface area contributed by atoms with Gasteiger partial charge in [-0.1, -0.05) is 159 Å². The molecule has 10 aromatic rings. The molecule has 0 amide bonds. The third kappa shape index (κ3) is 3.91. The molecule has 0 unspecified atom stereocenters. The van der Waals surface area contributed by atoms with Gasteiger partial charge in [-0.05, 0) is 133 Å². The Bertz CT molecular complexity index is 3100. The maximum Gasteiger partial charge on any atom is 0.0159 e. The van der Waals surface area contributed by atoms with Crippen LogP contribution < -0.4 is 0 Å². The molecule has 1 aliphatic rings. The van der Waals surface area contributed by atoms with Gasteiger partial charge in [0.2, 0.25) is 0 Å². The van der Waals surface area contributed by atoms with Crippen LogP contribution in [0.4, 0.5) is 0 Å². The van der Waals surface area contributed by atoms with E-state index in [9.17, 15) is 0 Å². The summed E-state index contributed by atoms with van der Waals surface area (Å²) in [6.45, 7) is 4.79. The third-order valence-electron chi connectivity index (χ3n) is 11.8. The van der Waals surface area contributed by atoms with Gasteiger partial charge in [0.25, 0.3) is 0 Å². The normalized spacial score (nSPS) is 13.5. The highest BCUT2D eigenvalue weighted by Gasteiger charge is 2.36. The van der Waals surface area contributed by atoms with Crippen LogP contribution in [0.3, 0.4) is 0 Å². The Morgan fingerprint density at radius 3 is 1.24 bits per heavy atom. The van der Waals surface area contributed by atoms with E-state index in [1.807, 2.05) is 0 Å². The summed E-state index contributed by atoms with van der Waals surface area (Å²) in [6.07, 6.45) is 0. The fourth-order valence-electron chi connectivity index (χ4n) is 9.47. The van der Waals surface area contributed by atoms with Crippen LogP contribution in [-0.4, -0.2) is 0 Å². The maximum atomic E-state index is 2.56. The van der Waals surface area contributed by atoms with Gasteiger partial charge in [0.15, 0.2) is 0 Å². The quantitative estimate of drug-likeness (QED) is 0.129. The average Bonchev–Trinajstić information content (AvgIpc) is 3.41. The Labute approximate surface area is 297 Å². The van der Waals surface area contributed by atoms with Gasteiger partial charge in [-0.25, -0.2) is 0 Å². The summed E-state index contributed by atoms with van der Waals surface area (Å²) >= 11 is 0. The SMILES string of the molecule is CC1(C)c2ccccc2-c2cc3c(-c4cc5ccccc5c5ccccc45)c4ccccc4c(-c4cc5ccccc5c5ccccc45)c3cc21. The number of benzene rings is 10. The molecule has 0 heterocycles. The van der Waals surface area contributed by atoms with Crippen LogP contribution >= 0.6 is 0 Å². The van der Waals surface area contributed by atoms with Gasteiger partial charge in [0, 0.05) is 5.41 Å². The minimum Gasteiger partial charge on any atom is -0.0619 e. The zero-order chi connectivity index (χ0) is 33.8. The molecule has 238 valence electrons. The van der Waals surface area contributed by atoms with E-state index in [-0.39, 0.29) is 5.41 Å². The molecule has 0 atom stereocenters. The van der Waals surface area contributed by atoms with Crippen molar-refractivity contribution in [1.29, 1.82) is 0 Å². The first-order valence-electron chi connectivity index (χ1n) is 18.0. The van der Waals surface area contributed by atoms with E-state index in [0.717, 1.165) is 0 Å². The fraction of sp³-hybridized carbons (Fsp3) is 0.0588. The lowest BCUT2D eigenvalue weighted by Gasteiger charge is -2.24. The van der Waals surface area contributed by atoms with Gasteiger partial charge >= 0.3 is 0 Å². The lowest BCUT2D eigenvalue weighted by molar-refractivity contribution is 0.661. The first-order chi connectivity index (χ1) is 25.1. The average molecular weight is 647 g/mol. The van der Waals surface area contributed by atoms with Gasteiger partial charge in [0.1, 0.15) is 0 Å². The van der Waals surface area contributed by atoms with Crippen LogP contribution in [0.2, 0.25) is 0 Å². The Hall–Kier alpha value is -6.24. The molecule has 10 aromatic carbocycles. The summed E-state index contributed by atoms with van der Waals surface area (Å²) < 4.78 is 0. The Morgan fingerprint density at radius 1 is 0.275 bits per heavy atom. The van der Waals surface area contributed by atoms with Crippen LogP contribution in [0.25, 0.3) is 98.0 Å². The Kier molecular flexibility index (Phi) is 5.82. The monoisotopic (exact) mass is 646 g/mol. The van der Waals surface area contributed by atoms with E-state index in [2.05, 4.69) is 184 Å². The standard InChI is InChI=1S/C51H34/c1-51(2)47-26-14-13-23-39(47)42-29-45-46(30-48(42)51)50(44-28-32-16-4-6-18-34(32)36-20-8-10-22-38(36)44)41-25-12-11-24-40(41)49(45)43-27-31-15-3-5-17-33(31)35-19-7-9-21-37(35)43/h3-30H,1-2H3. The van der Waals surface area contributed by atoms with Gasteiger partial charge in [-0.3, -0.25) is 0 Å². The van der Waals surface area contributed by atoms with Crippen molar-refractivity contribution in [1.82, 2.24) is 0 Å². The maximum absolute atomic E-state index is 2.56. The highest BCUT2D eigenvalue weighted by molar-refractivity contribution is 6.29. The van der Waals surface area contributed by atoms with E-state index in [1.165, 1.54) is 109 Å². The first kappa shape index (κ1) is 28.6. The van der Waals surface area contributed by atoms with Crippen molar-refractivity contribution in [2.24, 2.45) is 0 Å². The molecule has 0 heteroatoms. The van der Waals surface area contributed by atoms with Crippen molar-refractivity contribution in [2.45, 2.75) is 19.3 Å². The van der Waals surface area contributed by atoms with Gasteiger partial charge in [-0.15, -0.1) is 0 Å². The molecule has 0 aliphatic heterocycles. The topological polar surface area (TPSA) is 0 Å². The lowest BCUT2D eigenvalue weighted by Crippen LogP contribution is -2.14. The number of rotatable bonds is 2. The summed E-state index contributed by atoms with van der Waals surface area (Å²) in [4.78, 5) is 0. The van der Waals surface area contributed by atoms with Crippen LogP contribution in [0.15, 0.2) is 170 Å². The van der Waals surface area contributed by atoms with E-state index in [4.69, 9.17) is 0 Å². The molecule has 1 aliphatic carbocycles. The zero-order valence-electron chi connectivity index (χ0n) is 28.7. The van der Waals surface area contributed by atoms with Crippen molar-refractivity contribution in [3.8, 4) is 33.4 Å². The van der Waals surface area contributed by atoms with E-state index >= 15 is 0 Å².